The Labute approximate surface area is 116 Å². The quantitative estimate of drug-likeness (QED) is 0.867. The van der Waals surface area contributed by atoms with Crippen molar-refractivity contribution in [3.63, 3.8) is 0 Å². The van der Waals surface area contributed by atoms with Crippen LogP contribution < -0.4 is 0 Å². The van der Waals surface area contributed by atoms with E-state index in [1.165, 1.54) is 0 Å². The SMILES string of the molecule is CCOC(=O)c1ncc(C2Cc3ccccc3C2=O)[nH]1. The minimum atomic E-state index is -0.498. The molecule has 1 heterocycles. The number of fused-ring (bicyclic) bond motifs is 1. The highest BCUT2D eigenvalue weighted by atomic mass is 16.5. The van der Waals surface area contributed by atoms with Crippen LogP contribution in [0, 0.1) is 0 Å². The highest BCUT2D eigenvalue weighted by Crippen LogP contribution is 2.32. The number of carbonyl (C=O) groups excluding carboxylic acids is 2. The molecule has 1 N–H and O–H groups in total. The van der Waals surface area contributed by atoms with E-state index in [0.29, 0.717) is 18.7 Å². The average molecular weight is 270 g/mol. The predicted molar refractivity (Wildman–Crippen MR) is 71.8 cm³/mol. The van der Waals surface area contributed by atoms with Crippen LogP contribution in [-0.2, 0) is 11.2 Å². The molecule has 0 aliphatic heterocycles. The summed E-state index contributed by atoms with van der Waals surface area (Å²) in [5.41, 5.74) is 2.45. The lowest BCUT2D eigenvalue weighted by molar-refractivity contribution is 0.0512. The van der Waals surface area contributed by atoms with Gasteiger partial charge in [0.1, 0.15) is 0 Å². The number of esters is 1. The maximum absolute atomic E-state index is 12.3. The van der Waals surface area contributed by atoms with Crippen LogP contribution >= 0.6 is 0 Å². The molecule has 0 saturated heterocycles. The number of Topliss-reactive ketones (excluding diaryl/α,β-unsaturated/α-hetero) is 1. The summed E-state index contributed by atoms with van der Waals surface area (Å²) in [7, 11) is 0. The number of ketones is 1. The molecular formula is C15H14N2O3. The van der Waals surface area contributed by atoms with Gasteiger partial charge in [0.25, 0.3) is 0 Å². The highest BCUT2D eigenvalue weighted by molar-refractivity contribution is 6.05. The Hall–Kier alpha value is -2.43. The molecule has 0 spiro atoms. The molecule has 5 heteroatoms. The largest absolute Gasteiger partial charge is 0.460 e. The van der Waals surface area contributed by atoms with E-state index in [2.05, 4.69) is 9.97 Å². The average Bonchev–Trinajstić information content (AvgIpc) is 3.05. The van der Waals surface area contributed by atoms with Gasteiger partial charge in [-0.25, -0.2) is 9.78 Å². The zero-order valence-corrected chi connectivity index (χ0v) is 11.1. The van der Waals surface area contributed by atoms with Crippen molar-refractivity contribution in [2.75, 3.05) is 6.61 Å². The number of imidazole rings is 1. The first-order valence-electron chi connectivity index (χ1n) is 6.55. The number of benzene rings is 1. The van der Waals surface area contributed by atoms with Crippen molar-refractivity contribution < 1.29 is 14.3 Å². The van der Waals surface area contributed by atoms with E-state index in [0.717, 1.165) is 11.1 Å². The molecule has 1 aromatic carbocycles. The van der Waals surface area contributed by atoms with Gasteiger partial charge < -0.3 is 9.72 Å². The van der Waals surface area contributed by atoms with Gasteiger partial charge >= 0.3 is 5.97 Å². The van der Waals surface area contributed by atoms with Gasteiger partial charge in [0.2, 0.25) is 5.82 Å². The van der Waals surface area contributed by atoms with E-state index >= 15 is 0 Å². The predicted octanol–water partition coefficient (Wildman–Crippen LogP) is 2.11. The third-order valence-electron chi connectivity index (χ3n) is 3.46. The number of aromatic amines is 1. The molecule has 0 amide bonds. The van der Waals surface area contributed by atoms with E-state index in [9.17, 15) is 9.59 Å². The van der Waals surface area contributed by atoms with Gasteiger partial charge in [-0.05, 0) is 18.9 Å². The van der Waals surface area contributed by atoms with Crippen molar-refractivity contribution in [2.24, 2.45) is 0 Å². The van der Waals surface area contributed by atoms with Crippen molar-refractivity contribution in [3.8, 4) is 0 Å². The molecule has 0 bridgehead atoms. The van der Waals surface area contributed by atoms with Gasteiger partial charge in [0.05, 0.1) is 12.5 Å². The zero-order chi connectivity index (χ0) is 14.1. The van der Waals surface area contributed by atoms with Gasteiger partial charge in [0.15, 0.2) is 5.78 Å². The van der Waals surface area contributed by atoms with Crippen LogP contribution in [0.15, 0.2) is 30.5 Å². The molecule has 1 aliphatic rings. The number of hydrogen-bond acceptors (Lipinski definition) is 4. The minimum absolute atomic E-state index is 0.0691. The Morgan fingerprint density at radius 1 is 1.45 bits per heavy atom. The number of aromatic nitrogens is 2. The lowest BCUT2D eigenvalue weighted by Crippen LogP contribution is -2.09. The van der Waals surface area contributed by atoms with Crippen LogP contribution in [0.2, 0.25) is 0 Å². The molecule has 1 atom stereocenters. The second-order valence-corrected chi connectivity index (χ2v) is 4.69. The molecule has 3 rings (SSSR count). The Balaban J connectivity index is 1.86. The number of hydrogen-bond donors (Lipinski definition) is 1. The number of rotatable bonds is 3. The molecule has 0 saturated carbocycles. The Morgan fingerprint density at radius 2 is 2.25 bits per heavy atom. The Morgan fingerprint density at radius 3 is 3.00 bits per heavy atom. The van der Waals surface area contributed by atoms with Gasteiger partial charge in [0, 0.05) is 17.5 Å². The molecule has 0 fully saturated rings. The first-order chi connectivity index (χ1) is 9.70. The molecule has 1 unspecified atom stereocenters. The summed E-state index contributed by atoms with van der Waals surface area (Å²) >= 11 is 0. The van der Waals surface area contributed by atoms with Crippen LogP contribution in [-0.4, -0.2) is 28.3 Å². The normalized spacial score (nSPS) is 17.1. The number of nitrogens with one attached hydrogen (secondary N) is 1. The summed E-state index contributed by atoms with van der Waals surface area (Å²) in [5, 5.41) is 0. The molecule has 20 heavy (non-hydrogen) atoms. The fourth-order valence-corrected chi connectivity index (χ4v) is 2.51. The molecule has 0 radical (unpaired) electrons. The second-order valence-electron chi connectivity index (χ2n) is 4.69. The Bertz CT molecular complexity index is 675. The van der Waals surface area contributed by atoms with E-state index in [1.54, 1.807) is 13.1 Å². The Kier molecular flexibility index (Phi) is 3.10. The number of H-pyrrole nitrogens is 1. The summed E-state index contributed by atoms with van der Waals surface area (Å²) in [4.78, 5) is 30.8. The van der Waals surface area contributed by atoms with Crippen LogP contribution in [0.25, 0.3) is 0 Å². The van der Waals surface area contributed by atoms with Gasteiger partial charge in [-0.15, -0.1) is 0 Å². The van der Waals surface area contributed by atoms with Crippen molar-refractivity contribution in [2.45, 2.75) is 19.3 Å². The van der Waals surface area contributed by atoms with Crippen molar-refractivity contribution in [1.82, 2.24) is 9.97 Å². The summed E-state index contributed by atoms with van der Waals surface area (Å²) in [6.07, 6.45) is 2.18. The van der Waals surface area contributed by atoms with Gasteiger partial charge in [-0.3, -0.25) is 4.79 Å². The van der Waals surface area contributed by atoms with E-state index in [-0.39, 0.29) is 17.5 Å². The molecule has 102 valence electrons. The number of nitrogens with zero attached hydrogens (tertiary/aromatic N) is 1. The molecule has 2 aromatic rings. The molecule has 1 aromatic heterocycles. The fraction of sp³-hybridized carbons (Fsp3) is 0.267. The van der Waals surface area contributed by atoms with E-state index in [1.807, 2.05) is 24.3 Å². The smallest absolute Gasteiger partial charge is 0.374 e. The number of ether oxygens (including phenoxy) is 1. The molecule has 1 aliphatic carbocycles. The third kappa shape index (κ3) is 2.01. The zero-order valence-electron chi connectivity index (χ0n) is 11.1. The van der Waals surface area contributed by atoms with Crippen LogP contribution in [0.3, 0.4) is 0 Å². The topological polar surface area (TPSA) is 72.0 Å². The second kappa shape index (κ2) is 4.92. The minimum Gasteiger partial charge on any atom is -0.460 e. The lowest BCUT2D eigenvalue weighted by atomic mass is 10.0. The highest BCUT2D eigenvalue weighted by Gasteiger charge is 2.32. The first kappa shape index (κ1) is 12.6. The van der Waals surface area contributed by atoms with E-state index in [4.69, 9.17) is 4.74 Å². The van der Waals surface area contributed by atoms with E-state index < -0.39 is 5.97 Å². The van der Waals surface area contributed by atoms with Crippen molar-refractivity contribution >= 4 is 11.8 Å². The fourth-order valence-electron chi connectivity index (χ4n) is 2.51. The maximum Gasteiger partial charge on any atom is 0.374 e. The maximum atomic E-state index is 12.3. The molecular weight excluding hydrogens is 256 g/mol. The van der Waals surface area contributed by atoms with Crippen molar-refractivity contribution in [3.05, 3.63) is 53.1 Å². The third-order valence-corrected chi connectivity index (χ3v) is 3.46. The van der Waals surface area contributed by atoms with Gasteiger partial charge in [-0.1, -0.05) is 24.3 Å². The standard InChI is InChI=1S/C15H14N2O3/c1-2-20-15(19)14-16-8-12(17-14)11-7-9-5-3-4-6-10(9)13(11)18/h3-6,8,11H,2,7H2,1H3,(H,16,17). The summed E-state index contributed by atoms with van der Waals surface area (Å²) in [5.74, 6) is -0.574. The molecule has 5 nitrogen and oxygen atoms in total. The first-order valence-corrected chi connectivity index (χ1v) is 6.55. The monoisotopic (exact) mass is 270 g/mol. The van der Waals surface area contributed by atoms with Crippen LogP contribution in [0.5, 0.6) is 0 Å². The lowest BCUT2D eigenvalue weighted by Gasteiger charge is -2.04. The van der Waals surface area contributed by atoms with Gasteiger partial charge in [-0.2, -0.15) is 0 Å². The number of carbonyl (C=O) groups is 2. The summed E-state index contributed by atoms with van der Waals surface area (Å²) < 4.78 is 4.87. The van der Waals surface area contributed by atoms with Crippen LogP contribution in [0.4, 0.5) is 0 Å². The van der Waals surface area contributed by atoms with Crippen molar-refractivity contribution in [1.29, 1.82) is 0 Å². The summed E-state index contributed by atoms with van der Waals surface area (Å²) in [6.45, 7) is 2.03. The summed E-state index contributed by atoms with van der Waals surface area (Å²) in [6, 6.07) is 7.57. The van der Waals surface area contributed by atoms with Crippen LogP contribution in [0.1, 0.15) is 45.1 Å².